The fraction of sp³-hybridized carbons (Fsp3) is 0.905. The predicted octanol–water partition coefficient (Wildman–Crippen LogP) is 4.43. The molecule has 5 aliphatic rings. The molecule has 7 atom stereocenters. The number of alkyl halides is 1. The molecule has 0 aromatic rings. The van der Waals surface area contributed by atoms with Gasteiger partial charge >= 0.3 is 0 Å². The van der Waals surface area contributed by atoms with Crippen LogP contribution in [0.4, 0.5) is 0 Å². The Morgan fingerprint density at radius 1 is 1.12 bits per heavy atom. The van der Waals surface area contributed by atoms with Crippen LogP contribution in [0.15, 0.2) is 11.6 Å². The molecule has 1 radical (unpaired) electrons. The van der Waals surface area contributed by atoms with Crippen LogP contribution in [0.3, 0.4) is 0 Å². The van der Waals surface area contributed by atoms with Crippen molar-refractivity contribution in [1.82, 2.24) is 0 Å². The molecule has 1 N–H and O–H groups in total. The smallest absolute Gasteiger partial charge is 0.186 e. The molecule has 5 rings (SSSR count). The topological polar surface area (TPSA) is 38.7 Å². The summed E-state index contributed by atoms with van der Waals surface area (Å²) in [4.78, 5) is 0.308. The third kappa shape index (κ3) is 2.63. The summed E-state index contributed by atoms with van der Waals surface area (Å²) < 4.78 is 12.6. The minimum absolute atomic E-state index is 0. The second kappa shape index (κ2) is 7.05. The molecule has 0 bridgehead atoms. The first kappa shape index (κ1) is 20.8. The number of aliphatic hydroxyl groups excluding tert-OH is 1. The van der Waals surface area contributed by atoms with Crippen LogP contribution < -0.4 is 0 Å². The van der Waals surface area contributed by atoms with E-state index in [1.807, 2.05) is 0 Å². The van der Waals surface area contributed by atoms with E-state index in [1.54, 1.807) is 5.57 Å². The summed E-state index contributed by atoms with van der Waals surface area (Å²) in [5, 5.41) is 10.1. The maximum absolute atomic E-state index is 10.1. The van der Waals surface area contributed by atoms with Gasteiger partial charge in [-0.05, 0) is 68.1 Å². The summed E-state index contributed by atoms with van der Waals surface area (Å²) in [7, 11) is 0. The van der Waals surface area contributed by atoms with E-state index in [0.717, 1.165) is 44.3 Å². The minimum atomic E-state index is -0.406. The zero-order valence-corrected chi connectivity index (χ0v) is 22.4. The zero-order chi connectivity index (χ0) is 17.4. The van der Waals surface area contributed by atoms with E-state index in [0.29, 0.717) is 16.2 Å². The van der Waals surface area contributed by atoms with Gasteiger partial charge in [0.1, 0.15) is 0 Å². The van der Waals surface area contributed by atoms with E-state index in [9.17, 15) is 5.11 Å². The van der Waals surface area contributed by atoms with Gasteiger partial charge in [-0.15, -0.1) is 0 Å². The Morgan fingerprint density at radius 2 is 1.85 bits per heavy atom. The summed E-state index contributed by atoms with van der Waals surface area (Å²) in [6.45, 7) is 6.39. The Kier molecular flexibility index (Phi) is 5.64. The van der Waals surface area contributed by atoms with Crippen molar-refractivity contribution < 1.29 is 58.6 Å². The Labute approximate surface area is 201 Å². The summed E-state index contributed by atoms with van der Waals surface area (Å²) in [5.41, 5.74) is 1.97. The average molecular weight is 638 g/mol. The number of allylic oxidation sites excluding steroid dienone is 1. The van der Waals surface area contributed by atoms with E-state index in [2.05, 4.69) is 35.9 Å². The fourth-order valence-electron chi connectivity index (χ4n) is 7.50. The van der Waals surface area contributed by atoms with E-state index in [1.165, 1.54) is 25.7 Å². The van der Waals surface area contributed by atoms with Crippen LogP contribution in [-0.4, -0.2) is 35.0 Å². The average Bonchev–Trinajstić information content (AvgIpc) is 3.16. The maximum atomic E-state index is 10.1. The van der Waals surface area contributed by atoms with Gasteiger partial charge < -0.3 is 14.6 Å². The molecular formula is C21H31AcBrO3. The summed E-state index contributed by atoms with van der Waals surface area (Å²) in [6, 6.07) is 0. The molecule has 4 aliphatic carbocycles. The monoisotopic (exact) mass is 637 g/mol. The second-order valence-corrected chi connectivity index (χ2v) is 10.8. The first-order valence-corrected chi connectivity index (χ1v) is 11.1. The van der Waals surface area contributed by atoms with Crippen molar-refractivity contribution in [3.63, 3.8) is 0 Å². The van der Waals surface area contributed by atoms with Crippen molar-refractivity contribution in [2.75, 3.05) is 13.2 Å². The standard InChI is InChI=1S/C21H31BrO3.Ac/c1-19-7-5-14(23)11-13(19)3-4-15-16(19)6-8-20(2)17(15)12-18(22)21(20)24-9-10-25-21;/h3,14-18,23H,4-12H2,1-2H3;/t14?,15?,16?,17?,18?,19-,20-;/m0./s1. The van der Waals surface area contributed by atoms with Gasteiger partial charge in [-0.25, -0.2) is 0 Å². The number of rotatable bonds is 0. The van der Waals surface area contributed by atoms with Crippen molar-refractivity contribution in [3.05, 3.63) is 11.6 Å². The van der Waals surface area contributed by atoms with Crippen LogP contribution in [0.25, 0.3) is 0 Å². The van der Waals surface area contributed by atoms with Crippen LogP contribution in [0.1, 0.15) is 58.8 Å². The van der Waals surface area contributed by atoms with Gasteiger partial charge in [-0.1, -0.05) is 41.4 Å². The minimum Gasteiger partial charge on any atom is -0.393 e. The summed E-state index contributed by atoms with van der Waals surface area (Å²) in [5.74, 6) is 1.75. The molecule has 5 unspecified atom stereocenters. The summed E-state index contributed by atoms with van der Waals surface area (Å²) >= 11 is 3.96. The van der Waals surface area contributed by atoms with Gasteiger partial charge in [0.05, 0.1) is 24.1 Å². The van der Waals surface area contributed by atoms with Crippen molar-refractivity contribution in [2.24, 2.45) is 28.6 Å². The first-order chi connectivity index (χ1) is 11.9. The number of fused-ring (bicyclic) bond motifs is 6. The van der Waals surface area contributed by atoms with E-state index in [-0.39, 0.29) is 55.6 Å². The van der Waals surface area contributed by atoms with Gasteiger partial charge in [0.2, 0.25) is 0 Å². The Morgan fingerprint density at radius 3 is 2.58 bits per heavy atom. The molecule has 1 aliphatic heterocycles. The first-order valence-electron chi connectivity index (χ1n) is 10.2. The van der Waals surface area contributed by atoms with Crippen LogP contribution in [0.5, 0.6) is 0 Å². The van der Waals surface area contributed by atoms with E-state index < -0.39 is 5.79 Å². The van der Waals surface area contributed by atoms with Gasteiger partial charge in [-0.3, -0.25) is 0 Å². The number of ether oxygens (including phenoxy) is 2. The molecule has 0 aromatic carbocycles. The Bertz CT molecular complexity index is 604. The quantitative estimate of drug-likeness (QED) is 0.316. The number of hydrogen-bond donors (Lipinski definition) is 1. The van der Waals surface area contributed by atoms with Crippen LogP contribution >= 0.6 is 15.9 Å². The van der Waals surface area contributed by atoms with Gasteiger partial charge in [0.25, 0.3) is 0 Å². The Balaban J connectivity index is 0.00000168. The molecule has 0 amide bonds. The van der Waals surface area contributed by atoms with Gasteiger partial charge in [0, 0.05) is 49.5 Å². The van der Waals surface area contributed by atoms with Gasteiger partial charge in [0.15, 0.2) is 5.79 Å². The third-order valence-electron chi connectivity index (χ3n) is 8.85. The zero-order valence-electron chi connectivity index (χ0n) is 16.0. The Hall–Kier alpha value is 1.54. The van der Waals surface area contributed by atoms with Crippen LogP contribution in [-0.2, 0) is 9.47 Å². The molecule has 1 saturated heterocycles. The van der Waals surface area contributed by atoms with Crippen LogP contribution in [0.2, 0.25) is 0 Å². The molecule has 3 nitrogen and oxygen atoms in total. The maximum Gasteiger partial charge on any atom is 0.186 e. The second-order valence-electron chi connectivity index (χ2n) is 9.68. The van der Waals surface area contributed by atoms with E-state index >= 15 is 0 Å². The number of halogens is 1. The van der Waals surface area contributed by atoms with Crippen molar-refractivity contribution in [2.45, 2.75) is 75.5 Å². The third-order valence-corrected chi connectivity index (χ3v) is 9.83. The van der Waals surface area contributed by atoms with E-state index in [4.69, 9.17) is 9.47 Å². The molecule has 143 valence electrons. The SMILES string of the molecule is C[C@]12CCC(O)CC1=CCC1C2CC[C@@]2(C)C1CC(Br)C21OCCO1.[Ac]. The molecular weight excluding hydrogens is 607 g/mol. The molecule has 1 heterocycles. The van der Waals surface area contributed by atoms with Crippen molar-refractivity contribution in [3.8, 4) is 0 Å². The molecule has 4 fully saturated rings. The van der Waals surface area contributed by atoms with Crippen molar-refractivity contribution >= 4 is 15.9 Å². The predicted molar refractivity (Wildman–Crippen MR) is 100 cm³/mol. The molecule has 5 heteroatoms. The molecule has 1 spiro atoms. The fourth-order valence-corrected chi connectivity index (χ4v) is 8.69. The van der Waals surface area contributed by atoms with Gasteiger partial charge in [-0.2, -0.15) is 0 Å². The molecule has 0 aromatic heterocycles. The number of aliphatic hydroxyl groups is 1. The number of hydrogen-bond acceptors (Lipinski definition) is 3. The van der Waals surface area contributed by atoms with Crippen LogP contribution in [0, 0.1) is 72.6 Å². The van der Waals surface area contributed by atoms with Crippen molar-refractivity contribution in [1.29, 1.82) is 0 Å². The largest absolute Gasteiger partial charge is 0.393 e. The summed E-state index contributed by atoms with van der Waals surface area (Å²) in [6.07, 6.45) is 10.2. The molecule has 26 heavy (non-hydrogen) atoms. The molecule has 3 saturated carbocycles. The normalized spacial score (nSPS) is 51.8.